The predicted molar refractivity (Wildman–Crippen MR) is 42.0 cm³/mol. The summed E-state index contributed by atoms with van der Waals surface area (Å²) in [4.78, 5) is 21.2. The Labute approximate surface area is 69.7 Å². The molecule has 1 aromatic rings. The maximum absolute atomic E-state index is 10.8. The average Bonchev–Trinajstić information content (AvgIpc) is 2.34. The highest BCUT2D eigenvalue weighted by molar-refractivity contribution is 5.77. The quantitative estimate of drug-likeness (QED) is 0.588. The molecule has 0 spiro atoms. The van der Waals surface area contributed by atoms with Gasteiger partial charge in [-0.3, -0.25) is 14.2 Å². The monoisotopic (exact) mass is 167 g/mol. The number of rotatable bonds is 1. The molecule has 4 heteroatoms. The number of hydrogen-bond donors (Lipinski definition) is 0. The minimum atomic E-state index is -0.392. The highest BCUT2D eigenvalue weighted by atomic mass is 16.5. The van der Waals surface area contributed by atoms with Crippen molar-refractivity contribution in [2.24, 2.45) is 0 Å². The first-order valence-electron chi connectivity index (χ1n) is 3.47. The Morgan fingerprint density at radius 1 is 1.42 bits per heavy atom. The summed E-state index contributed by atoms with van der Waals surface area (Å²) in [6, 6.07) is 1.56. The molecule has 0 N–H and O–H groups in total. The fourth-order valence-electron chi connectivity index (χ4n) is 0.799. The molecule has 64 valence electrons. The molecule has 0 bridgehead atoms. The van der Waals surface area contributed by atoms with Crippen LogP contribution in [0.5, 0.6) is 5.75 Å². The fourth-order valence-corrected chi connectivity index (χ4v) is 0.799. The number of nitrogens with zero attached hydrogens (tertiary/aromatic N) is 1. The minimum Gasteiger partial charge on any atom is -0.425 e. The van der Waals surface area contributed by atoms with Gasteiger partial charge in [0.05, 0.1) is 6.20 Å². The van der Waals surface area contributed by atoms with E-state index in [1.165, 1.54) is 24.6 Å². The summed E-state index contributed by atoms with van der Waals surface area (Å²) in [5.41, 5.74) is 0. The maximum Gasteiger partial charge on any atom is 0.308 e. The van der Waals surface area contributed by atoms with Crippen LogP contribution < -0.4 is 4.74 Å². The van der Waals surface area contributed by atoms with E-state index < -0.39 is 5.97 Å². The van der Waals surface area contributed by atoms with Crippen molar-refractivity contribution in [2.45, 2.75) is 13.8 Å². The second kappa shape index (κ2) is 3.21. The predicted octanol–water partition coefficient (Wildman–Crippen LogP) is 1.07. The van der Waals surface area contributed by atoms with Crippen LogP contribution in [0.1, 0.15) is 18.6 Å². The van der Waals surface area contributed by atoms with Gasteiger partial charge in [0.2, 0.25) is 5.91 Å². The molecule has 0 saturated heterocycles. The average molecular weight is 167 g/mol. The minimum absolute atomic E-state index is 0.117. The van der Waals surface area contributed by atoms with E-state index in [0.29, 0.717) is 5.75 Å². The van der Waals surface area contributed by atoms with Crippen LogP contribution in [0, 0.1) is 0 Å². The van der Waals surface area contributed by atoms with Gasteiger partial charge in [0.15, 0.2) is 0 Å². The number of carbonyl (C=O) groups is 2. The normalized spacial score (nSPS) is 9.50. The van der Waals surface area contributed by atoms with Gasteiger partial charge in [0.1, 0.15) is 5.75 Å². The van der Waals surface area contributed by atoms with Gasteiger partial charge in [0, 0.05) is 20.0 Å². The summed E-state index contributed by atoms with van der Waals surface area (Å²) in [5, 5.41) is 0. The highest BCUT2D eigenvalue weighted by Crippen LogP contribution is 2.10. The van der Waals surface area contributed by atoms with Gasteiger partial charge in [0.25, 0.3) is 0 Å². The lowest BCUT2D eigenvalue weighted by molar-refractivity contribution is -0.131. The molecule has 0 atom stereocenters. The maximum atomic E-state index is 10.8. The topological polar surface area (TPSA) is 48.3 Å². The molecule has 0 amide bonds. The Balaban J connectivity index is 2.77. The van der Waals surface area contributed by atoms with Gasteiger partial charge in [-0.1, -0.05) is 0 Å². The summed E-state index contributed by atoms with van der Waals surface area (Å²) in [6.45, 7) is 2.74. The molecule has 0 radical (unpaired) electrons. The summed E-state index contributed by atoms with van der Waals surface area (Å²) in [5.74, 6) is -0.123. The number of hydrogen-bond acceptors (Lipinski definition) is 3. The van der Waals surface area contributed by atoms with Gasteiger partial charge >= 0.3 is 5.97 Å². The zero-order chi connectivity index (χ0) is 9.14. The molecule has 1 aromatic heterocycles. The fraction of sp³-hybridized carbons (Fsp3) is 0.250. The smallest absolute Gasteiger partial charge is 0.308 e. The largest absolute Gasteiger partial charge is 0.425 e. The third kappa shape index (κ3) is 1.95. The molecule has 0 aromatic carbocycles. The Kier molecular flexibility index (Phi) is 2.28. The Morgan fingerprint density at radius 2 is 2.08 bits per heavy atom. The SMILES string of the molecule is CC(=O)Oc1ccn(C(C)=O)c1. The zero-order valence-corrected chi connectivity index (χ0v) is 6.90. The van der Waals surface area contributed by atoms with Crippen LogP contribution in [0.3, 0.4) is 0 Å². The summed E-state index contributed by atoms with van der Waals surface area (Å²) in [7, 11) is 0. The van der Waals surface area contributed by atoms with E-state index in [1.807, 2.05) is 0 Å². The summed E-state index contributed by atoms with van der Waals surface area (Å²) < 4.78 is 6.08. The molecule has 12 heavy (non-hydrogen) atoms. The van der Waals surface area contributed by atoms with E-state index in [4.69, 9.17) is 4.74 Å². The standard InChI is InChI=1S/C8H9NO3/c1-6(10)9-4-3-8(5-9)12-7(2)11/h3-5H,1-2H3. The van der Waals surface area contributed by atoms with Gasteiger partial charge in [-0.2, -0.15) is 0 Å². The number of esters is 1. The lowest BCUT2D eigenvalue weighted by atomic mass is 10.6. The second-order valence-corrected chi connectivity index (χ2v) is 2.37. The number of aromatic nitrogens is 1. The molecule has 0 aliphatic heterocycles. The van der Waals surface area contributed by atoms with E-state index >= 15 is 0 Å². The van der Waals surface area contributed by atoms with Crippen molar-refractivity contribution in [3.63, 3.8) is 0 Å². The third-order valence-corrected chi connectivity index (χ3v) is 1.29. The van der Waals surface area contributed by atoms with Crippen LogP contribution >= 0.6 is 0 Å². The molecule has 0 saturated carbocycles. The van der Waals surface area contributed by atoms with Crippen LogP contribution in [-0.4, -0.2) is 16.4 Å². The molecule has 1 heterocycles. The van der Waals surface area contributed by atoms with Gasteiger partial charge in [-0.15, -0.1) is 0 Å². The van der Waals surface area contributed by atoms with Gasteiger partial charge in [-0.05, 0) is 6.07 Å². The molecule has 0 unspecified atom stereocenters. The highest BCUT2D eigenvalue weighted by Gasteiger charge is 2.02. The first-order valence-corrected chi connectivity index (χ1v) is 3.47. The van der Waals surface area contributed by atoms with Crippen molar-refractivity contribution >= 4 is 11.9 Å². The Hall–Kier alpha value is -1.58. The molecule has 0 fully saturated rings. The van der Waals surface area contributed by atoms with Crippen molar-refractivity contribution in [1.29, 1.82) is 0 Å². The van der Waals surface area contributed by atoms with Crippen LogP contribution in [0.25, 0.3) is 0 Å². The zero-order valence-electron chi connectivity index (χ0n) is 6.90. The molecular formula is C8H9NO3. The van der Waals surface area contributed by atoms with Gasteiger partial charge in [-0.25, -0.2) is 0 Å². The lowest BCUT2D eigenvalue weighted by Gasteiger charge is -1.94. The number of ether oxygens (including phenoxy) is 1. The lowest BCUT2D eigenvalue weighted by Crippen LogP contribution is -2.03. The van der Waals surface area contributed by atoms with Crippen molar-refractivity contribution in [2.75, 3.05) is 0 Å². The van der Waals surface area contributed by atoms with Crippen LogP contribution in [0.15, 0.2) is 18.5 Å². The van der Waals surface area contributed by atoms with Crippen molar-refractivity contribution in [3.8, 4) is 5.75 Å². The Morgan fingerprint density at radius 3 is 2.50 bits per heavy atom. The summed E-state index contributed by atoms with van der Waals surface area (Å²) in [6.07, 6.45) is 3.00. The van der Waals surface area contributed by atoms with E-state index in [9.17, 15) is 9.59 Å². The first kappa shape index (κ1) is 8.52. The van der Waals surface area contributed by atoms with Crippen molar-refractivity contribution in [3.05, 3.63) is 18.5 Å². The molecule has 4 nitrogen and oxygen atoms in total. The van der Waals surface area contributed by atoms with Crippen LogP contribution in [0.4, 0.5) is 0 Å². The molecule has 0 aliphatic carbocycles. The molecule has 1 rings (SSSR count). The summed E-state index contributed by atoms with van der Waals surface area (Å²) >= 11 is 0. The van der Waals surface area contributed by atoms with Crippen molar-refractivity contribution < 1.29 is 14.3 Å². The Bertz CT molecular complexity index is 314. The van der Waals surface area contributed by atoms with Gasteiger partial charge < -0.3 is 4.74 Å². The molecular weight excluding hydrogens is 158 g/mol. The molecule has 0 aliphatic rings. The second-order valence-electron chi connectivity index (χ2n) is 2.37. The van der Waals surface area contributed by atoms with E-state index in [1.54, 1.807) is 12.3 Å². The van der Waals surface area contributed by atoms with E-state index in [-0.39, 0.29) is 5.91 Å². The first-order chi connectivity index (χ1) is 5.59. The van der Waals surface area contributed by atoms with Crippen LogP contribution in [0.2, 0.25) is 0 Å². The third-order valence-electron chi connectivity index (χ3n) is 1.29. The van der Waals surface area contributed by atoms with Crippen LogP contribution in [-0.2, 0) is 4.79 Å². The van der Waals surface area contributed by atoms with E-state index in [0.717, 1.165) is 0 Å². The van der Waals surface area contributed by atoms with Crippen molar-refractivity contribution in [1.82, 2.24) is 4.57 Å². The van der Waals surface area contributed by atoms with E-state index in [2.05, 4.69) is 0 Å². The number of carbonyl (C=O) groups excluding carboxylic acids is 2.